The highest BCUT2D eigenvalue weighted by Crippen LogP contribution is 2.55. The lowest BCUT2D eigenvalue weighted by atomic mass is 9.95. The van der Waals surface area contributed by atoms with Gasteiger partial charge in [0.2, 0.25) is 0 Å². The first-order chi connectivity index (χ1) is 25.8. The quantitative estimate of drug-likeness (QED) is 0.178. The van der Waals surface area contributed by atoms with Crippen LogP contribution in [0.3, 0.4) is 0 Å². The molecule has 2 nitrogen and oxygen atoms in total. The first-order valence-corrected chi connectivity index (χ1v) is 19.1. The number of rotatable bonds is 5. The average Bonchev–Trinajstić information content (AvgIpc) is 3.91. The predicted octanol–water partition coefficient (Wildman–Crippen LogP) is 15.1. The summed E-state index contributed by atoms with van der Waals surface area (Å²) in [5.41, 5.74) is 9.99. The van der Waals surface area contributed by atoms with Gasteiger partial charge in [-0.1, -0.05) is 133 Å². The molecule has 0 unspecified atom stereocenters. The van der Waals surface area contributed by atoms with Crippen molar-refractivity contribution in [3.8, 4) is 22.3 Å². The number of para-hydroxylation sites is 1. The first-order valence-electron chi connectivity index (χ1n) is 17.5. The van der Waals surface area contributed by atoms with Gasteiger partial charge in [0.15, 0.2) is 0 Å². The minimum atomic E-state index is 0.875. The maximum atomic E-state index is 6.57. The van der Waals surface area contributed by atoms with Gasteiger partial charge in [-0.15, -0.1) is 22.7 Å². The molecule has 0 aliphatic rings. The molecule has 244 valence electrons. The van der Waals surface area contributed by atoms with Gasteiger partial charge in [-0.3, -0.25) is 0 Å². The van der Waals surface area contributed by atoms with Gasteiger partial charge in [0.25, 0.3) is 0 Å². The van der Waals surface area contributed by atoms with Crippen LogP contribution in [0, 0.1) is 0 Å². The molecule has 0 spiro atoms. The molecule has 0 saturated carbocycles. The van der Waals surface area contributed by atoms with Gasteiger partial charge >= 0.3 is 0 Å². The Morgan fingerprint density at radius 3 is 1.71 bits per heavy atom. The predicted molar refractivity (Wildman–Crippen MR) is 225 cm³/mol. The summed E-state index contributed by atoms with van der Waals surface area (Å²) >= 11 is 3.74. The smallest absolute Gasteiger partial charge is 0.137 e. The lowest BCUT2D eigenvalue weighted by Crippen LogP contribution is -2.12. The third-order valence-electron chi connectivity index (χ3n) is 10.3. The molecule has 3 heterocycles. The molecule has 3 aromatic heterocycles. The number of hydrogen-bond acceptors (Lipinski definition) is 4. The third-order valence-corrected chi connectivity index (χ3v) is 12.6. The van der Waals surface area contributed by atoms with E-state index < -0.39 is 0 Å². The molecule has 11 aromatic rings. The topological polar surface area (TPSA) is 16.4 Å². The highest BCUT2D eigenvalue weighted by Gasteiger charge is 2.28. The number of fused-ring (bicyclic) bond motifs is 9. The Kier molecular flexibility index (Phi) is 6.63. The second kappa shape index (κ2) is 11.7. The van der Waals surface area contributed by atoms with Crippen molar-refractivity contribution in [3.63, 3.8) is 0 Å². The molecule has 0 aliphatic carbocycles. The largest absolute Gasteiger partial charge is 0.456 e. The molecular weight excluding hydrogens is 671 g/mol. The van der Waals surface area contributed by atoms with Crippen LogP contribution in [0.4, 0.5) is 17.1 Å². The summed E-state index contributed by atoms with van der Waals surface area (Å²) in [4.78, 5) is 2.56. The Labute approximate surface area is 308 Å². The standard InChI is InChI=1S/C48H29NOS2/c1-3-14-30(15-4-1)32-27-29-43-46(36-20-9-11-24-41(36)51-43)47(32)49(37-21-13-23-40-44(37)34-18-7-10-22-39(34)50-40)38-28-26-33(31-16-5-2-6-17-31)48-45(38)35-19-8-12-25-42(35)52-48/h1-29H. The Morgan fingerprint density at radius 2 is 0.942 bits per heavy atom. The summed E-state index contributed by atoms with van der Waals surface area (Å²) in [6.07, 6.45) is 0. The lowest BCUT2D eigenvalue weighted by Gasteiger charge is -2.30. The van der Waals surface area contributed by atoms with Gasteiger partial charge in [0.05, 0.1) is 22.4 Å². The van der Waals surface area contributed by atoms with E-state index in [1.807, 2.05) is 22.7 Å². The Hall–Kier alpha value is -6.20. The fraction of sp³-hybridized carbons (Fsp3) is 0. The molecule has 0 aliphatic heterocycles. The van der Waals surface area contributed by atoms with Crippen molar-refractivity contribution in [3.05, 3.63) is 176 Å². The zero-order chi connectivity index (χ0) is 34.2. The molecule has 52 heavy (non-hydrogen) atoms. The first kappa shape index (κ1) is 29.5. The van der Waals surface area contributed by atoms with E-state index in [1.54, 1.807) is 0 Å². The van der Waals surface area contributed by atoms with E-state index in [0.29, 0.717) is 0 Å². The molecule has 0 atom stereocenters. The van der Waals surface area contributed by atoms with Gasteiger partial charge in [0, 0.05) is 51.3 Å². The Balaban J connectivity index is 1.36. The summed E-state index contributed by atoms with van der Waals surface area (Å²) in [5.74, 6) is 0. The Bertz CT molecular complexity index is 3130. The van der Waals surface area contributed by atoms with Crippen molar-refractivity contribution in [2.75, 3.05) is 4.90 Å². The van der Waals surface area contributed by atoms with Crippen molar-refractivity contribution in [1.29, 1.82) is 0 Å². The van der Waals surface area contributed by atoms with Gasteiger partial charge in [0.1, 0.15) is 11.2 Å². The number of anilines is 3. The molecule has 0 fully saturated rings. The normalized spacial score (nSPS) is 11.8. The maximum absolute atomic E-state index is 6.57. The Morgan fingerprint density at radius 1 is 0.365 bits per heavy atom. The van der Waals surface area contributed by atoms with Gasteiger partial charge in [-0.2, -0.15) is 0 Å². The maximum Gasteiger partial charge on any atom is 0.137 e. The molecular formula is C48H29NOS2. The van der Waals surface area contributed by atoms with Crippen molar-refractivity contribution in [2.24, 2.45) is 0 Å². The van der Waals surface area contributed by atoms with Crippen LogP contribution >= 0.6 is 22.7 Å². The molecule has 8 aromatic carbocycles. The van der Waals surface area contributed by atoms with E-state index >= 15 is 0 Å². The molecule has 11 rings (SSSR count). The molecule has 0 N–H and O–H groups in total. The lowest BCUT2D eigenvalue weighted by molar-refractivity contribution is 0.669. The van der Waals surface area contributed by atoms with Gasteiger partial charge in [-0.25, -0.2) is 0 Å². The number of hydrogen-bond donors (Lipinski definition) is 0. The van der Waals surface area contributed by atoms with Crippen LogP contribution in [-0.4, -0.2) is 0 Å². The fourth-order valence-corrected chi connectivity index (χ4v) is 10.4. The van der Waals surface area contributed by atoms with Crippen LogP contribution in [0.2, 0.25) is 0 Å². The summed E-state index contributed by atoms with van der Waals surface area (Å²) in [6.45, 7) is 0. The number of nitrogens with zero attached hydrogens (tertiary/aromatic N) is 1. The molecule has 4 heteroatoms. The van der Waals surface area contributed by atoms with Crippen molar-refractivity contribution in [2.45, 2.75) is 0 Å². The van der Waals surface area contributed by atoms with Crippen molar-refractivity contribution >= 4 is 102 Å². The SMILES string of the molecule is c1ccc(-c2ccc3sc4ccccc4c3c2N(c2cccc3oc4ccccc4c23)c2ccc(-c3ccccc3)c3sc4ccccc4c23)cc1. The van der Waals surface area contributed by atoms with Gasteiger partial charge < -0.3 is 9.32 Å². The van der Waals surface area contributed by atoms with E-state index in [0.717, 1.165) is 33.3 Å². The zero-order valence-corrected chi connectivity index (χ0v) is 29.5. The van der Waals surface area contributed by atoms with E-state index in [2.05, 4.69) is 181 Å². The molecule has 0 bridgehead atoms. The molecule has 0 radical (unpaired) electrons. The second-order valence-electron chi connectivity index (χ2n) is 13.2. The van der Waals surface area contributed by atoms with E-state index in [1.165, 1.54) is 68.3 Å². The average molecular weight is 700 g/mol. The summed E-state index contributed by atoms with van der Waals surface area (Å²) in [5, 5.41) is 7.24. The summed E-state index contributed by atoms with van der Waals surface area (Å²) < 4.78 is 11.7. The van der Waals surface area contributed by atoms with Crippen LogP contribution in [0.25, 0.3) is 84.5 Å². The van der Waals surface area contributed by atoms with E-state index in [4.69, 9.17) is 4.42 Å². The van der Waals surface area contributed by atoms with Crippen LogP contribution < -0.4 is 4.90 Å². The minimum Gasteiger partial charge on any atom is -0.456 e. The van der Waals surface area contributed by atoms with Gasteiger partial charge in [-0.05, 0) is 59.2 Å². The number of furan rings is 1. The molecule has 0 amide bonds. The zero-order valence-electron chi connectivity index (χ0n) is 27.9. The highest BCUT2D eigenvalue weighted by molar-refractivity contribution is 7.26. The highest BCUT2D eigenvalue weighted by atomic mass is 32.1. The van der Waals surface area contributed by atoms with E-state index in [-0.39, 0.29) is 0 Å². The van der Waals surface area contributed by atoms with Crippen molar-refractivity contribution < 1.29 is 4.42 Å². The summed E-state index contributed by atoms with van der Waals surface area (Å²) in [6, 6.07) is 63.6. The van der Waals surface area contributed by atoms with Crippen LogP contribution in [0.15, 0.2) is 180 Å². The van der Waals surface area contributed by atoms with Crippen molar-refractivity contribution in [1.82, 2.24) is 0 Å². The monoisotopic (exact) mass is 699 g/mol. The van der Waals surface area contributed by atoms with Crippen LogP contribution in [0.5, 0.6) is 0 Å². The van der Waals surface area contributed by atoms with Crippen LogP contribution in [0.1, 0.15) is 0 Å². The number of thiophene rings is 2. The fourth-order valence-electron chi connectivity index (χ4n) is 8.04. The summed E-state index contributed by atoms with van der Waals surface area (Å²) in [7, 11) is 0. The minimum absolute atomic E-state index is 0.875. The van der Waals surface area contributed by atoms with E-state index in [9.17, 15) is 0 Å². The van der Waals surface area contributed by atoms with Crippen LogP contribution in [-0.2, 0) is 0 Å². The third kappa shape index (κ3) is 4.42. The second-order valence-corrected chi connectivity index (χ2v) is 15.3. The molecule has 0 saturated heterocycles. The number of benzene rings is 8.